The van der Waals surface area contributed by atoms with Gasteiger partial charge < -0.3 is 9.42 Å². The Bertz CT molecular complexity index is 644. The second-order valence-electron chi connectivity index (χ2n) is 6.39. The van der Waals surface area contributed by atoms with Crippen LogP contribution >= 0.6 is 0 Å². The average molecular weight is 312 g/mol. The van der Waals surface area contributed by atoms with E-state index in [-0.39, 0.29) is 5.91 Å². The molecular weight excluding hydrogens is 288 g/mol. The molecule has 1 aliphatic rings. The molecule has 4 nitrogen and oxygen atoms in total. The summed E-state index contributed by atoms with van der Waals surface area (Å²) in [5, 5.41) is 3.95. The smallest absolute Gasteiger partial charge is 0.227 e. The maximum absolute atomic E-state index is 12.7. The van der Waals surface area contributed by atoms with E-state index in [0.29, 0.717) is 12.5 Å². The summed E-state index contributed by atoms with van der Waals surface area (Å²) in [7, 11) is 0. The summed E-state index contributed by atoms with van der Waals surface area (Å²) in [5.74, 6) is 0.964. The first-order valence-corrected chi connectivity index (χ1v) is 8.40. The second kappa shape index (κ2) is 6.99. The third-order valence-corrected chi connectivity index (χ3v) is 4.82. The number of nitrogens with zero attached hydrogens (tertiary/aromatic N) is 2. The Kier molecular flexibility index (Phi) is 4.79. The molecule has 122 valence electrons. The van der Waals surface area contributed by atoms with Crippen LogP contribution in [0.5, 0.6) is 0 Å². The Labute approximate surface area is 137 Å². The van der Waals surface area contributed by atoms with Crippen LogP contribution < -0.4 is 0 Å². The molecule has 2 heterocycles. The zero-order chi connectivity index (χ0) is 16.2. The molecule has 1 aliphatic heterocycles. The lowest BCUT2D eigenvalue weighted by Gasteiger charge is -2.25. The van der Waals surface area contributed by atoms with Crippen molar-refractivity contribution in [3.63, 3.8) is 0 Å². The van der Waals surface area contributed by atoms with Gasteiger partial charge in [-0.25, -0.2) is 0 Å². The average Bonchev–Trinajstić information content (AvgIpc) is 3.15. The predicted octanol–water partition coefficient (Wildman–Crippen LogP) is 3.46. The molecule has 23 heavy (non-hydrogen) atoms. The third-order valence-electron chi connectivity index (χ3n) is 4.82. The lowest BCUT2D eigenvalue weighted by Crippen LogP contribution is -2.37. The lowest BCUT2D eigenvalue weighted by molar-refractivity contribution is -0.131. The molecule has 3 rings (SSSR count). The number of aryl methyl sites for hydroxylation is 3. The molecule has 1 aromatic carbocycles. The maximum atomic E-state index is 12.7. The molecule has 0 saturated carbocycles. The Morgan fingerprint density at radius 1 is 1.30 bits per heavy atom. The van der Waals surface area contributed by atoms with Crippen molar-refractivity contribution in [1.29, 1.82) is 0 Å². The molecule has 1 saturated heterocycles. The van der Waals surface area contributed by atoms with Crippen molar-refractivity contribution in [2.75, 3.05) is 6.54 Å². The van der Waals surface area contributed by atoms with Gasteiger partial charge in [-0.15, -0.1) is 0 Å². The van der Waals surface area contributed by atoms with Crippen LogP contribution in [0.3, 0.4) is 0 Å². The van der Waals surface area contributed by atoms with E-state index in [9.17, 15) is 4.79 Å². The van der Waals surface area contributed by atoms with E-state index in [1.807, 2.05) is 19.9 Å². The van der Waals surface area contributed by atoms with Crippen LogP contribution in [0.1, 0.15) is 41.8 Å². The van der Waals surface area contributed by atoms with Crippen molar-refractivity contribution >= 4 is 5.91 Å². The van der Waals surface area contributed by atoms with Gasteiger partial charge in [-0.1, -0.05) is 35.5 Å². The molecule has 0 unspecified atom stereocenters. The largest absolute Gasteiger partial charge is 0.361 e. The van der Waals surface area contributed by atoms with Crippen LogP contribution in [0.25, 0.3) is 0 Å². The van der Waals surface area contributed by atoms with Gasteiger partial charge in [0.25, 0.3) is 0 Å². The Balaban J connectivity index is 1.61. The highest BCUT2D eigenvalue weighted by atomic mass is 16.5. The minimum atomic E-state index is 0.204. The Morgan fingerprint density at radius 3 is 2.78 bits per heavy atom. The quantitative estimate of drug-likeness (QED) is 0.849. The zero-order valence-corrected chi connectivity index (χ0v) is 13.9. The molecule has 0 N–H and O–H groups in total. The number of hydrogen-bond acceptors (Lipinski definition) is 3. The summed E-state index contributed by atoms with van der Waals surface area (Å²) in [5.41, 5.74) is 3.12. The molecule has 1 amide bonds. The summed E-state index contributed by atoms with van der Waals surface area (Å²) < 4.78 is 5.17. The van der Waals surface area contributed by atoms with Crippen molar-refractivity contribution in [3.05, 3.63) is 52.9 Å². The summed E-state index contributed by atoms with van der Waals surface area (Å²) in [4.78, 5) is 14.8. The van der Waals surface area contributed by atoms with E-state index in [0.717, 1.165) is 49.2 Å². The summed E-state index contributed by atoms with van der Waals surface area (Å²) in [6, 6.07) is 10.9. The van der Waals surface area contributed by atoms with E-state index < -0.39 is 0 Å². The monoisotopic (exact) mass is 312 g/mol. The van der Waals surface area contributed by atoms with Crippen LogP contribution in [-0.2, 0) is 17.6 Å². The van der Waals surface area contributed by atoms with Crippen LogP contribution in [0.4, 0.5) is 0 Å². The number of benzene rings is 1. The van der Waals surface area contributed by atoms with Gasteiger partial charge in [0.1, 0.15) is 5.76 Å². The minimum absolute atomic E-state index is 0.204. The first kappa shape index (κ1) is 15.8. The first-order chi connectivity index (χ1) is 11.1. The molecule has 0 radical (unpaired) electrons. The Hall–Kier alpha value is -2.10. The van der Waals surface area contributed by atoms with Gasteiger partial charge >= 0.3 is 0 Å². The highest BCUT2D eigenvalue weighted by Gasteiger charge is 2.29. The van der Waals surface area contributed by atoms with E-state index in [4.69, 9.17) is 4.52 Å². The minimum Gasteiger partial charge on any atom is -0.361 e. The highest BCUT2D eigenvalue weighted by molar-refractivity contribution is 5.79. The fourth-order valence-corrected chi connectivity index (χ4v) is 3.45. The molecule has 4 heteroatoms. The number of hydrogen-bond donors (Lipinski definition) is 0. The van der Waals surface area contributed by atoms with E-state index >= 15 is 0 Å². The molecule has 0 aliphatic carbocycles. The van der Waals surface area contributed by atoms with E-state index in [1.54, 1.807) is 0 Å². The van der Waals surface area contributed by atoms with Crippen LogP contribution in [-0.4, -0.2) is 28.6 Å². The second-order valence-corrected chi connectivity index (χ2v) is 6.39. The number of carbonyl (C=O) groups is 1. The van der Waals surface area contributed by atoms with Crippen LogP contribution in [0, 0.1) is 13.8 Å². The molecule has 1 atom stereocenters. The summed E-state index contributed by atoms with van der Waals surface area (Å²) >= 11 is 0. The predicted molar refractivity (Wildman–Crippen MR) is 89.2 cm³/mol. The van der Waals surface area contributed by atoms with Crippen LogP contribution in [0.2, 0.25) is 0 Å². The first-order valence-electron chi connectivity index (χ1n) is 8.40. The fourth-order valence-electron chi connectivity index (χ4n) is 3.45. The molecular formula is C19H24N2O2. The van der Waals surface area contributed by atoms with Gasteiger partial charge in [0.05, 0.1) is 12.1 Å². The van der Waals surface area contributed by atoms with Gasteiger partial charge in [-0.3, -0.25) is 4.79 Å². The molecule has 1 aromatic heterocycles. The van der Waals surface area contributed by atoms with Gasteiger partial charge in [0, 0.05) is 18.2 Å². The standard InChI is InChI=1S/C19H24N2O2/c1-14-18(15(2)23-20-14)13-19(22)21-12-6-9-17(21)11-10-16-7-4-3-5-8-16/h3-5,7-8,17H,6,9-13H2,1-2H3/t17-/m0/s1. The van der Waals surface area contributed by atoms with Gasteiger partial charge in [0.15, 0.2) is 0 Å². The lowest BCUT2D eigenvalue weighted by atomic mass is 10.0. The van der Waals surface area contributed by atoms with E-state index in [2.05, 4.69) is 34.3 Å². The molecule has 1 fully saturated rings. The van der Waals surface area contributed by atoms with Crippen molar-refractivity contribution in [2.45, 2.75) is 52.0 Å². The number of carbonyl (C=O) groups excluding carboxylic acids is 1. The normalized spacial score (nSPS) is 17.7. The van der Waals surface area contributed by atoms with Gasteiger partial charge in [-0.05, 0) is 45.1 Å². The number of amides is 1. The summed E-state index contributed by atoms with van der Waals surface area (Å²) in [6.07, 6.45) is 4.69. The number of likely N-dealkylation sites (tertiary alicyclic amines) is 1. The highest BCUT2D eigenvalue weighted by Crippen LogP contribution is 2.24. The van der Waals surface area contributed by atoms with Crippen molar-refractivity contribution in [2.24, 2.45) is 0 Å². The number of rotatable bonds is 5. The van der Waals surface area contributed by atoms with Gasteiger partial charge in [-0.2, -0.15) is 0 Å². The fraction of sp³-hybridized carbons (Fsp3) is 0.474. The summed E-state index contributed by atoms with van der Waals surface area (Å²) in [6.45, 7) is 4.65. The van der Waals surface area contributed by atoms with Crippen LogP contribution in [0.15, 0.2) is 34.9 Å². The van der Waals surface area contributed by atoms with Crippen molar-refractivity contribution < 1.29 is 9.32 Å². The van der Waals surface area contributed by atoms with Crippen molar-refractivity contribution in [3.8, 4) is 0 Å². The molecule has 0 bridgehead atoms. The molecule has 2 aromatic rings. The molecule has 0 spiro atoms. The number of aromatic nitrogens is 1. The third kappa shape index (κ3) is 3.63. The van der Waals surface area contributed by atoms with E-state index in [1.165, 1.54) is 5.56 Å². The maximum Gasteiger partial charge on any atom is 0.227 e. The SMILES string of the molecule is Cc1noc(C)c1CC(=O)N1CCC[C@H]1CCc1ccccc1. The Morgan fingerprint density at radius 2 is 2.09 bits per heavy atom. The topological polar surface area (TPSA) is 46.3 Å². The van der Waals surface area contributed by atoms with Gasteiger partial charge in [0.2, 0.25) is 5.91 Å². The van der Waals surface area contributed by atoms with Crippen molar-refractivity contribution in [1.82, 2.24) is 10.1 Å². The zero-order valence-electron chi connectivity index (χ0n) is 13.9.